The zero-order chi connectivity index (χ0) is 20.8. The number of nitrogens with one attached hydrogen (secondary N) is 2. The maximum Gasteiger partial charge on any atom is 0.0373 e. The summed E-state index contributed by atoms with van der Waals surface area (Å²) in [7, 11) is 1.93. The van der Waals surface area contributed by atoms with Crippen molar-refractivity contribution in [1.29, 1.82) is 0 Å². The molecule has 2 nitrogen and oxygen atoms in total. The van der Waals surface area contributed by atoms with Crippen molar-refractivity contribution in [3.63, 3.8) is 0 Å². The Morgan fingerprint density at radius 3 is 1.69 bits per heavy atom. The normalized spacial score (nSPS) is 9.15. The summed E-state index contributed by atoms with van der Waals surface area (Å²) in [6, 6.07) is 16.7. The van der Waals surface area contributed by atoms with Gasteiger partial charge >= 0.3 is 0 Å². The summed E-state index contributed by atoms with van der Waals surface area (Å²) < 4.78 is 0. The molecule has 0 saturated carbocycles. The number of rotatable bonds is 1. The van der Waals surface area contributed by atoms with Gasteiger partial charge in [-0.15, -0.1) is 0 Å². The number of benzene rings is 2. The van der Waals surface area contributed by atoms with E-state index in [2.05, 4.69) is 54.0 Å². The minimum Gasteiger partial charge on any atom is -0.388 e. The van der Waals surface area contributed by atoms with Gasteiger partial charge in [-0.1, -0.05) is 91.8 Å². The summed E-state index contributed by atoms with van der Waals surface area (Å²) in [6.07, 6.45) is 1.19. The van der Waals surface area contributed by atoms with Crippen molar-refractivity contribution in [3.8, 4) is 0 Å². The molecule has 0 unspecified atom stereocenters. The molecule has 0 aliphatic carbocycles. The molecule has 2 aromatic carbocycles. The quantitative estimate of drug-likeness (QED) is 0.542. The second-order valence-electron chi connectivity index (χ2n) is 4.40. The van der Waals surface area contributed by atoms with Gasteiger partial charge in [0.15, 0.2) is 0 Å². The van der Waals surface area contributed by atoms with Crippen molar-refractivity contribution in [2.45, 2.75) is 68.7 Å². The van der Waals surface area contributed by atoms with E-state index in [0.717, 1.165) is 6.54 Å². The maximum atomic E-state index is 3.30. The van der Waals surface area contributed by atoms with E-state index in [-0.39, 0.29) is 0 Å². The first-order chi connectivity index (χ1) is 12.8. The summed E-state index contributed by atoms with van der Waals surface area (Å²) in [6.45, 7) is 19.2. The molecule has 1 aliphatic heterocycles. The highest BCUT2D eigenvalue weighted by Crippen LogP contribution is 2.19. The predicted octanol–water partition coefficient (Wildman–Crippen LogP) is 7.80. The Morgan fingerprint density at radius 2 is 1.23 bits per heavy atom. The van der Waals surface area contributed by atoms with Crippen LogP contribution in [0.1, 0.15) is 66.5 Å². The Hall–Kier alpha value is -1.96. The van der Waals surface area contributed by atoms with Crippen LogP contribution in [0.3, 0.4) is 0 Å². The molecule has 3 rings (SSSR count). The second-order valence-corrected chi connectivity index (χ2v) is 4.40. The zero-order valence-corrected chi connectivity index (χ0v) is 19.0. The number of fused-ring (bicyclic) bond motifs is 1. The molecule has 0 radical (unpaired) electrons. The van der Waals surface area contributed by atoms with Crippen LogP contribution in [0.5, 0.6) is 0 Å². The van der Waals surface area contributed by atoms with Gasteiger partial charge < -0.3 is 10.6 Å². The van der Waals surface area contributed by atoms with E-state index >= 15 is 0 Å². The van der Waals surface area contributed by atoms with Crippen LogP contribution in [0, 0.1) is 6.92 Å². The Labute approximate surface area is 164 Å². The van der Waals surface area contributed by atoms with Crippen LogP contribution in [0.2, 0.25) is 0 Å². The van der Waals surface area contributed by atoms with Crippen LogP contribution in [0.25, 0.3) is 0 Å². The summed E-state index contributed by atoms with van der Waals surface area (Å²) >= 11 is 0. The smallest absolute Gasteiger partial charge is 0.0373 e. The fourth-order valence-electron chi connectivity index (χ4n) is 2.10. The zero-order valence-electron chi connectivity index (χ0n) is 19.0. The van der Waals surface area contributed by atoms with Crippen molar-refractivity contribution >= 4 is 11.4 Å². The first-order valence-electron chi connectivity index (χ1n) is 10.4. The van der Waals surface area contributed by atoms with Crippen LogP contribution in [-0.4, -0.2) is 13.6 Å². The lowest BCUT2D eigenvalue weighted by atomic mass is 10.2. The average Bonchev–Trinajstić information content (AvgIpc) is 3.24. The van der Waals surface area contributed by atoms with Crippen molar-refractivity contribution in [2.24, 2.45) is 0 Å². The summed E-state index contributed by atoms with van der Waals surface area (Å²) in [5.74, 6) is 0. The van der Waals surface area contributed by atoms with E-state index in [1.807, 2.05) is 74.6 Å². The molecule has 26 heavy (non-hydrogen) atoms. The first-order valence-corrected chi connectivity index (χ1v) is 10.4. The van der Waals surface area contributed by atoms with Gasteiger partial charge in [0, 0.05) is 25.0 Å². The number of aryl methyl sites for hydroxylation is 1. The van der Waals surface area contributed by atoms with Crippen molar-refractivity contribution in [3.05, 3.63) is 59.7 Å². The number of anilines is 2. The topological polar surface area (TPSA) is 24.1 Å². The lowest BCUT2D eigenvalue weighted by Crippen LogP contribution is -1.90. The number of para-hydroxylation sites is 2. The van der Waals surface area contributed by atoms with Crippen molar-refractivity contribution in [1.82, 2.24) is 0 Å². The third kappa shape index (κ3) is 12.4. The lowest BCUT2D eigenvalue weighted by Gasteiger charge is -2.01. The molecule has 2 N–H and O–H groups in total. The van der Waals surface area contributed by atoms with E-state index < -0.39 is 0 Å². The van der Waals surface area contributed by atoms with Crippen LogP contribution >= 0.6 is 0 Å². The standard InChI is InChI=1S/C8H9N.C8H11N.4C2H6/c1-2-4-8-7(3-1)5-6-9-8;1-7-5-3-4-6-8(7)9-2;4*1-2/h1-4,9H,5-6H2;3-6,9H,1-2H3;4*1-2H3. The van der Waals surface area contributed by atoms with Crippen molar-refractivity contribution in [2.75, 3.05) is 24.2 Å². The lowest BCUT2D eigenvalue weighted by molar-refractivity contribution is 1.11. The Bertz CT molecular complexity index is 476. The van der Waals surface area contributed by atoms with E-state index in [9.17, 15) is 0 Å². The molecule has 0 saturated heterocycles. The predicted molar refractivity (Wildman–Crippen MR) is 125 cm³/mol. The fourth-order valence-corrected chi connectivity index (χ4v) is 2.10. The average molecular weight is 361 g/mol. The van der Waals surface area contributed by atoms with Gasteiger partial charge in [0.25, 0.3) is 0 Å². The van der Waals surface area contributed by atoms with Gasteiger partial charge in [-0.25, -0.2) is 0 Å². The molecular formula is C24H44N2. The minimum absolute atomic E-state index is 1.11. The highest BCUT2D eigenvalue weighted by Gasteiger charge is 2.05. The molecule has 1 aliphatic rings. The highest BCUT2D eigenvalue weighted by molar-refractivity contribution is 5.54. The van der Waals surface area contributed by atoms with E-state index in [1.165, 1.54) is 28.9 Å². The van der Waals surface area contributed by atoms with Gasteiger partial charge in [0.1, 0.15) is 0 Å². The van der Waals surface area contributed by atoms with Crippen LogP contribution < -0.4 is 10.6 Å². The highest BCUT2D eigenvalue weighted by atomic mass is 14.9. The molecule has 0 atom stereocenters. The van der Waals surface area contributed by atoms with E-state index in [0.29, 0.717) is 0 Å². The van der Waals surface area contributed by atoms with E-state index in [1.54, 1.807) is 0 Å². The summed E-state index contributed by atoms with van der Waals surface area (Å²) in [5.41, 5.74) is 5.27. The van der Waals surface area contributed by atoms with Crippen molar-refractivity contribution < 1.29 is 0 Å². The Kier molecular flexibility index (Phi) is 25.5. The molecule has 0 amide bonds. The largest absolute Gasteiger partial charge is 0.388 e. The maximum absolute atomic E-state index is 3.30. The third-order valence-corrected chi connectivity index (χ3v) is 3.14. The Morgan fingerprint density at radius 1 is 0.731 bits per heavy atom. The first kappa shape index (κ1) is 28.8. The van der Waals surface area contributed by atoms with Crippen LogP contribution in [0.15, 0.2) is 48.5 Å². The summed E-state index contributed by atoms with van der Waals surface area (Å²) in [5, 5.41) is 6.40. The molecule has 0 fully saturated rings. The van der Waals surface area contributed by atoms with Gasteiger partial charge in [0.2, 0.25) is 0 Å². The minimum atomic E-state index is 1.11. The number of hydrogen-bond acceptors (Lipinski definition) is 2. The monoisotopic (exact) mass is 360 g/mol. The Balaban J connectivity index is -0.000000295. The molecule has 0 bridgehead atoms. The summed E-state index contributed by atoms with van der Waals surface area (Å²) in [4.78, 5) is 0. The SMILES string of the molecule is CC.CC.CC.CC.CNc1ccccc1C.c1ccc2c(c1)CCN2. The van der Waals surface area contributed by atoms with Gasteiger partial charge in [-0.05, 0) is 36.6 Å². The molecule has 2 aromatic rings. The third-order valence-electron chi connectivity index (χ3n) is 3.14. The van der Waals surface area contributed by atoms with E-state index in [4.69, 9.17) is 0 Å². The van der Waals surface area contributed by atoms with Gasteiger partial charge in [-0.3, -0.25) is 0 Å². The van der Waals surface area contributed by atoms with Gasteiger partial charge in [0.05, 0.1) is 0 Å². The molecule has 1 heterocycles. The molecule has 0 aromatic heterocycles. The fraction of sp³-hybridized carbons (Fsp3) is 0.500. The molecular weight excluding hydrogens is 316 g/mol. The number of hydrogen-bond donors (Lipinski definition) is 2. The van der Waals surface area contributed by atoms with Crippen LogP contribution in [0.4, 0.5) is 11.4 Å². The molecule has 150 valence electrons. The molecule has 0 spiro atoms. The van der Waals surface area contributed by atoms with Gasteiger partial charge in [-0.2, -0.15) is 0 Å². The second kappa shape index (κ2) is 23.0. The van der Waals surface area contributed by atoms with Crippen LogP contribution in [-0.2, 0) is 6.42 Å². The molecule has 2 heteroatoms.